The molecule has 1 aliphatic rings. The minimum Gasteiger partial charge on any atom is -0.388 e. The molecule has 0 bridgehead atoms. The summed E-state index contributed by atoms with van der Waals surface area (Å²) >= 11 is 1.84. The van der Waals surface area contributed by atoms with Gasteiger partial charge in [-0.1, -0.05) is 30.7 Å². The monoisotopic (exact) mass is 380 g/mol. The Hall–Kier alpha value is -2.51. The van der Waals surface area contributed by atoms with E-state index in [4.69, 9.17) is 10.8 Å². The number of benzene rings is 1. The minimum atomic E-state index is 0.514. The summed E-state index contributed by atoms with van der Waals surface area (Å²) in [6, 6.07) is 6.16. The zero-order chi connectivity index (χ0) is 18.8. The Bertz CT molecular complexity index is 1020. The second-order valence-corrected chi connectivity index (χ2v) is 7.85. The van der Waals surface area contributed by atoms with Crippen LogP contribution >= 0.6 is 11.9 Å². The highest BCUT2D eigenvalue weighted by atomic mass is 32.2. The number of allylic oxidation sites excluding steroid dienone is 2. The first kappa shape index (κ1) is 17.9. The molecule has 2 heterocycles. The predicted molar refractivity (Wildman–Crippen MR) is 115 cm³/mol. The lowest BCUT2D eigenvalue weighted by Crippen LogP contribution is -2.14. The molecular weight excluding hydrogens is 356 g/mol. The molecule has 0 saturated heterocycles. The van der Waals surface area contributed by atoms with Crippen LogP contribution in [0.5, 0.6) is 0 Å². The third-order valence-electron chi connectivity index (χ3n) is 4.61. The number of pyridine rings is 1. The molecule has 4 N–H and O–H groups in total. The zero-order valence-electron chi connectivity index (χ0n) is 15.4. The van der Waals surface area contributed by atoms with E-state index in [1.807, 2.05) is 42.0 Å². The van der Waals surface area contributed by atoms with Gasteiger partial charge in [0.05, 0.1) is 17.4 Å². The lowest BCUT2D eigenvalue weighted by molar-refractivity contribution is 0.618. The van der Waals surface area contributed by atoms with Gasteiger partial charge in [0, 0.05) is 36.1 Å². The average molecular weight is 381 g/mol. The van der Waals surface area contributed by atoms with Gasteiger partial charge in [0.25, 0.3) is 0 Å². The summed E-state index contributed by atoms with van der Waals surface area (Å²) in [5.41, 5.74) is 9.99. The quantitative estimate of drug-likeness (QED) is 0.316. The highest BCUT2D eigenvalue weighted by molar-refractivity contribution is 7.98. The summed E-state index contributed by atoms with van der Waals surface area (Å²) in [5.74, 6) is 0.514. The topological polar surface area (TPSA) is 80.8 Å². The first-order valence-corrected chi connectivity index (χ1v) is 10.0. The van der Waals surface area contributed by atoms with Crippen molar-refractivity contribution in [3.63, 3.8) is 0 Å². The Kier molecular flexibility index (Phi) is 5.05. The summed E-state index contributed by atoms with van der Waals surface area (Å²) in [5, 5.41) is 10.7. The maximum absolute atomic E-state index is 6.23. The van der Waals surface area contributed by atoms with Crippen LogP contribution in [0.15, 0.2) is 43.1 Å². The van der Waals surface area contributed by atoms with Gasteiger partial charge in [0.2, 0.25) is 0 Å². The number of hydrogen-bond donors (Lipinski definition) is 3. The van der Waals surface area contributed by atoms with Crippen molar-refractivity contribution in [3.05, 3.63) is 48.7 Å². The molecule has 7 heteroatoms. The fourth-order valence-electron chi connectivity index (χ4n) is 3.07. The second kappa shape index (κ2) is 7.62. The first-order valence-electron chi connectivity index (χ1n) is 9.15. The summed E-state index contributed by atoms with van der Waals surface area (Å²) in [7, 11) is 1.89. The molecule has 0 unspecified atom stereocenters. The highest BCUT2D eigenvalue weighted by Crippen LogP contribution is 2.32. The fourth-order valence-corrected chi connectivity index (χ4v) is 3.89. The number of nitrogens with zero attached hydrogens (tertiary/aromatic N) is 3. The highest BCUT2D eigenvalue weighted by Gasteiger charge is 2.21. The number of nitrogens with two attached hydrogens (primary N) is 1. The largest absolute Gasteiger partial charge is 0.388 e. The summed E-state index contributed by atoms with van der Waals surface area (Å²) in [4.78, 5) is 4.61. The van der Waals surface area contributed by atoms with Crippen molar-refractivity contribution < 1.29 is 0 Å². The first-order chi connectivity index (χ1) is 13.2. The molecule has 0 amide bonds. The molecule has 0 aliphatic heterocycles. The molecule has 0 radical (unpaired) electrons. The maximum atomic E-state index is 6.23. The smallest absolute Gasteiger partial charge is 0.135 e. The number of nitrogens with one attached hydrogen (secondary N) is 2. The summed E-state index contributed by atoms with van der Waals surface area (Å²) in [6.45, 7) is 5.45. The van der Waals surface area contributed by atoms with E-state index in [0.717, 1.165) is 51.4 Å². The third-order valence-corrected chi connectivity index (χ3v) is 5.79. The van der Waals surface area contributed by atoms with E-state index in [1.54, 1.807) is 6.08 Å². The lowest BCUT2D eigenvalue weighted by Gasteiger charge is -2.08. The Morgan fingerprint density at radius 2 is 2.26 bits per heavy atom. The van der Waals surface area contributed by atoms with Gasteiger partial charge in [-0.2, -0.15) is 5.10 Å². The molecule has 1 aromatic carbocycles. The molecule has 27 heavy (non-hydrogen) atoms. The number of anilines is 1. The van der Waals surface area contributed by atoms with Crippen LogP contribution in [0.25, 0.3) is 27.5 Å². The minimum absolute atomic E-state index is 0.514. The molecular formula is C20H24N6S. The number of aromatic nitrogens is 3. The van der Waals surface area contributed by atoms with Crippen molar-refractivity contribution in [2.24, 2.45) is 0 Å². The summed E-state index contributed by atoms with van der Waals surface area (Å²) < 4.78 is 5.37. The van der Waals surface area contributed by atoms with E-state index in [-0.39, 0.29) is 0 Å². The van der Waals surface area contributed by atoms with Crippen molar-refractivity contribution in [2.75, 3.05) is 19.3 Å². The van der Waals surface area contributed by atoms with Crippen LogP contribution in [-0.4, -0.2) is 33.6 Å². The van der Waals surface area contributed by atoms with E-state index in [2.05, 4.69) is 33.7 Å². The predicted octanol–water partition coefficient (Wildman–Crippen LogP) is 3.31. The van der Waals surface area contributed by atoms with E-state index in [9.17, 15) is 0 Å². The fraction of sp³-hybridized carbons (Fsp3) is 0.300. The number of nitrogen functional groups attached to an aromatic ring is 1. The molecule has 140 valence electrons. The van der Waals surface area contributed by atoms with Crippen LogP contribution in [0, 0.1) is 0 Å². The van der Waals surface area contributed by atoms with Gasteiger partial charge in [-0.25, -0.2) is 4.98 Å². The van der Waals surface area contributed by atoms with E-state index < -0.39 is 0 Å². The van der Waals surface area contributed by atoms with Gasteiger partial charge in [0.15, 0.2) is 0 Å². The van der Waals surface area contributed by atoms with E-state index >= 15 is 0 Å². The lowest BCUT2D eigenvalue weighted by atomic mass is 10.1. The zero-order valence-corrected chi connectivity index (χ0v) is 16.2. The van der Waals surface area contributed by atoms with Crippen molar-refractivity contribution in [1.82, 2.24) is 24.8 Å². The molecule has 1 fully saturated rings. The van der Waals surface area contributed by atoms with Gasteiger partial charge < -0.3 is 11.1 Å². The standard InChI is InChI=1S/C20H24N6S/c1-3-4-17(22-2)13-5-8-15-18(11-13)24-20(21)16-12-26(25-19(15)16)10-9-23-27-14-6-7-14/h3-5,8,11-12,14,22-23H,1,6-7,9-10H2,2H3,(H2,21,24)/b17-4-. The molecule has 4 rings (SSSR count). The van der Waals surface area contributed by atoms with Gasteiger partial charge in [-0.15, -0.1) is 0 Å². The van der Waals surface area contributed by atoms with Gasteiger partial charge in [-0.3, -0.25) is 9.40 Å². The van der Waals surface area contributed by atoms with Crippen LogP contribution in [0.3, 0.4) is 0 Å². The van der Waals surface area contributed by atoms with Gasteiger partial charge in [-0.05, 0) is 36.6 Å². The number of rotatable bonds is 8. The van der Waals surface area contributed by atoms with Crippen LogP contribution in [0.1, 0.15) is 18.4 Å². The molecule has 0 atom stereocenters. The van der Waals surface area contributed by atoms with Crippen LogP contribution in [0.4, 0.5) is 5.82 Å². The normalized spacial score (nSPS) is 14.8. The van der Waals surface area contributed by atoms with Crippen molar-refractivity contribution in [1.29, 1.82) is 0 Å². The number of fused-ring (bicyclic) bond motifs is 3. The summed E-state index contributed by atoms with van der Waals surface area (Å²) in [6.07, 6.45) is 8.35. The van der Waals surface area contributed by atoms with E-state index in [1.165, 1.54) is 12.8 Å². The van der Waals surface area contributed by atoms with Crippen molar-refractivity contribution in [2.45, 2.75) is 24.6 Å². The van der Waals surface area contributed by atoms with Crippen LogP contribution < -0.4 is 15.8 Å². The van der Waals surface area contributed by atoms with Gasteiger partial charge >= 0.3 is 0 Å². The Labute approximate surface area is 163 Å². The van der Waals surface area contributed by atoms with Crippen molar-refractivity contribution >= 4 is 45.3 Å². The van der Waals surface area contributed by atoms with Crippen LogP contribution in [0.2, 0.25) is 0 Å². The average Bonchev–Trinajstić information content (AvgIpc) is 3.39. The molecule has 1 saturated carbocycles. The van der Waals surface area contributed by atoms with Crippen molar-refractivity contribution in [3.8, 4) is 0 Å². The SMILES string of the molecule is C=C/C=C(\NC)c1ccc2c(c1)nc(N)c1cn(CCNSC3CC3)nc12. The van der Waals surface area contributed by atoms with Crippen LogP contribution in [-0.2, 0) is 6.54 Å². The molecule has 0 spiro atoms. The number of hydrogen-bond acceptors (Lipinski definition) is 6. The molecule has 1 aliphatic carbocycles. The molecule has 6 nitrogen and oxygen atoms in total. The Morgan fingerprint density at radius 3 is 3.00 bits per heavy atom. The third kappa shape index (κ3) is 3.79. The van der Waals surface area contributed by atoms with Gasteiger partial charge in [0.1, 0.15) is 11.3 Å². The Morgan fingerprint density at radius 1 is 1.41 bits per heavy atom. The maximum Gasteiger partial charge on any atom is 0.135 e. The Balaban J connectivity index is 1.65. The molecule has 2 aromatic heterocycles. The second-order valence-electron chi connectivity index (χ2n) is 6.66. The van der Waals surface area contributed by atoms with E-state index in [0.29, 0.717) is 5.82 Å². The molecule has 3 aromatic rings.